The minimum atomic E-state index is -2.02. The van der Waals surface area contributed by atoms with Gasteiger partial charge < -0.3 is 104 Å². The van der Waals surface area contributed by atoms with E-state index in [4.69, 9.17) is 43.0 Å². The fraction of sp³-hybridized carbons (Fsp3) is 0.543. The third kappa shape index (κ3) is 9.01. The first-order valence-corrected chi connectivity index (χ1v) is 17.6. The van der Waals surface area contributed by atoms with E-state index in [-0.39, 0.29) is 28.4 Å². The van der Waals surface area contributed by atoms with Crippen LogP contribution in [0.25, 0.3) is 6.08 Å². The van der Waals surface area contributed by atoms with Gasteiger partial charge in [0.1, 0.15) is 97.1 Å². The van der Waals surface area contributed by atoms with Gasteiger partial charge >= 0.3 is 11.9 Å². The van der Waals surface area contributed by atoms with Crippen LogP contribution in [-0.2, 0) is 38.0 Å². The molecule has 0 radical (unpaired) electrons. The van der Waals surface area contributed by atoms with Crippen molar-refractivity contribution in [1.29, 1.82) is 0 Å². The second-order valence-electron chi connectivity index (χ2n) is 13.7. The Kier molecular flexibility index (Phi) is 13.1. The normalized spacial score (nSPS) is 36.2. The predicted octanol–water partition coefficient (Wildman–Crippen LogP) is -4.24. The van der Waals surface area contributed by atoms with Gasteiger partial charge in [-0.3, -0.25) is 9.59 Å². The highest BCUT2D eigenvalue weighted by Crippen LogP contribution is 2.46. The molecular formula is C35H42O23. The Hall–Kier alpha value is -4.60. The molecule has 0 aliphatic carbocycles. The van der Waals surface area contributed by atoms with E-state index in [2.05, 4.69) is 0 Å². The molecule has 23 heteroatoms. The van der Waals surface area contributed by atoms with E-state index in [1.165, 1.54) is 18.2 Å². The van der Waals surface area contributed by atoms with Gasteiger partial charge in [0.25, 0.3) is 0 Å². The third-order valence-electron chi connectivity index (χ3n) is 9.63. The Morgan fingerprint density at radius 1 is 0.724 bits per heavy atom. The maximum absolute atomic E-state index is 12.0. The summed E-state index contributed by atoms with van der Waals surface area (Å²) in [5, 5.41) is 134. The van der Waals surface area contributed by atoms with Gasteiger partial charge in [-0.05, 0) is 18.2 Å². The number of carbonyl (C=O) groups is 2. The predicted molar refractivity (Wildman–Crippen MR) is 181 cm³/mol. The number of carboxylic acid groups (broad SMARTS) is 1. The van der Waals surface area contributed by atoms with E-state index >= 15 is 0 Å². The van der Waals surface area contributed by atoms with E-state index in [0.29, 0.717) is 0 Å². The van der Waals surface area contributed by atoms with Gasteiger partial charge in [0.15, 0.2) is 30.0 Å². The van der Waals surface area contributed by atoms with Crippen molar-refractivity contribution >= 4 is 18.0 Å². The fourth-order valence-electron chi connectivity index (χ4n) is 6.45. The highest BCUT2D eigenvalue weighted by molar-refractivity contribution is 5.90. The number of ether oxygens (including phenoxy) is 8. The molecule has 4 aliphatic heterocycles. The van der Waals surface area contributed by atoms with Crippen LogP contribution in [0.15, 0.2) is 36.1 Å². The van der Waals surface area contributed by atoms with Crippen LogP contribution in [0.1, 0.15) is 23.7 Å². The fourth-order valence-corrected chi connectivity index (χ4v) is 6.45. The number of esters is 1. The molecule has 320 valence electrons. The Labute approximate surface area is 326 Å². The van der Waals surface area contributed by atoms with E-state index < -0.39 is 148 Å². The summed E-state index contributed by atoms with van der Waals surface area (Å²) in [5.41, 5.74) is -0.0327. The molecule has 0 saturated carbocycles. The van der Waals surface area contributed by atoms with E-state index in [0.717, 1.165) is 18.2 Å². The number of hydrogen-bond acceptors (Lipinski definition) is 22. The van der Waals surface area contributed by atoms with Crippen molar-refractivity contribution < 1.29 is 114 Å². The molecule has 0 spiro atoms. The van der Waals surface area contributed by atoms with Gasteiger partial charge in [-0.2, -0.15) is 0 Å². The third-order valence-corrected chi connectivity index (χ3v) is 9.63. The van der Waals surface area contributed by atoms with Crippen LogP contribution in [0.4, 0.5) is 0 Å². The number of carbonyl (C=O) groups excluding carboxylic acids is 1. The number of fused-ring (bicyclic) bond motifs is 1. The number of benzene rings is 2. The van der Waals surface area contributed by atoms with Crippen LogP contribution in [0, 0.1) is 0 Å². The largest absolute Gasteiger partial charge is 0.507 e. The van der Waals surface area contributed by atoms with Gasteiger partial charge in [0.05, 0.1) is 18.8 Å². The molecule has 4 aliphatic rings. The molecule has 6 rings (SSSR count). The summed E-state index contributed by atoms with van der Waals surface area (Å²) in [6.45, 7) is -2.11. The Balaban J connectivity index is 1.35. The molecule has 15 atom stereocenters. The second-order valence-corrected chi connectivity index (χ2v) is 13.7. The lowest BCUT2D eigenvalue weighted by molar-refractivity contribution is -0.352. The van der Waals surface area contributed by atoms with Crippen LogP contribution in [0.3, 0.4) is 0 Å². The number of carboxylic acids is 1. The van der Waals surface area contributed by atoms with E-state index in [1.54, 1.807) is 0 Å². The lowest BCUT2D eigenvalue weighted by Crippen LogP contribution is -2.63. The van der Waals surface area contributed by atoms with Crippen molar-refractivity contribution in [1.82, 2.24) is 0 Å². The van der Waals surface area contributed by atoms with E-state index in [9.17, 15) is 70.9 Å². The number of aromatic hydroxyl groups is 3. The lowest BCUT2D eigenvalue weighted by Gasteiger charge is -2.45. The van der Waals surface area contributed by atoms with Crippen molar-refractivity contribution in [3.05, 3.63) is 47.2 Å². The molecule has 3 fully saturated rings. The maximum Gasteiger partial charge on any atom is 0.317 e. The summed E-state index contributed by atoms with van der Waals surface area (Å²) in [6, 6.07) is 5.73. The number of aliphatic hydroxyl groups is 9. The summed E-state index contributed by atoms with van der Waals surface area (Å²) < 4.78 is 45.2. The molecule has 2 aromatic carbocycles. The monoisotopic (exact) mass is 830 g/mol. The number of hydrogen-bond donors (Lipinski definition) is 13. The zero-order valence-electron chi connectivity index (χ0n) is 29.8. The quantitative estimate of drug-likeness (QED) is 0.0547. The van der Waals surface area contributed by atoms with Crippen molar-refractivity contribution in [3.63, 3.8) is 0 Å². The SMILES string of the molecule is O=C(O)CC(=O)OCC1OC(OC2=Cc3c(O)cc(OC4OC(CO)C(O)C(O)C4O)cc3OC2c2ccc(O)c(O)c2)C(OC2OCC(O)C(O)C2O)C(O)C1O. The summed E-state index contributed by atoms with van der Waals surface area (Å²) in [5.74, 6) is -5.11. The van der Waals surface area contributed by atoms with E-state index in [1.807, 2.05) is 0 Å². The molecule has 0 aromatic heterocycles. The highest BCUT2D eigenvalue weighted by Gasteiger charge is 2.51. The summed E-state index contributed by atoms with van der Waals surface area (Å²) in [6.07, 6.45) is -25.9. The zero-order valence-corrected chi connectivity index (χ0v) is 29.8. The van der Waals surface area contributed by atoms with Crippen LogP contribution in [-0.4, -0.2) is 184 Å². The molecule has 3 saturated heterocycles. The molecule has 0 bridgehead atoms. The molecule has 15 unspecified atom stereocenters. The topological polar surface area (TPSA) is 371 Å². The van der Waals surface area contributed by atoms with Crippen LogP contribution in [0.5, 0.6) is 28.7 Å². The van der Waals surface area contributed by atoms with Crippen LogP contribution < -0.4 is 9.47 Å². The summed E-state index contributed by atoms with van der Waals surface area (Å²) in [7, 11) is 0. The average Bonchev–Trinajstić information content (AvgIpc) is 3.18. The van der Waals surface area contributed by atoms with Crippen molar-refractivity contribution in [2.75, 3.05) is 19.8 Å². The van der Waals surface area contributed by atoms with Gasteiger partial charge in [-0.1, -0.05) is 6.07 Å². The smallest absolute Gasteiger partial charge is 0.317 e. The number of phenolic OH excluding ortho intramolecular Hbond substituents is 3. The number of phenols is 3. The molecule has 0 amide bonds. The number of aliphatic carboxylic acids is 1. The van der Waals surface area contributed by atoms with Crippen molar-refractivity contribution in [3.8, 4) is 28.7 Å². The Morgan fingerprint density at radius 3 is 2.10 bits per heavy atom. The van der Waals surface area contributed by atoms with Gasteiger partial charge in [0, 0.05) is 17.7 Å². The molecule has 58 heavy (non-hydrogen) atoms. The van der Waals surface area contributed by atoms with Crippen LogP contribution >= 0.6 is 0 Å². The second kappa shape index (κ2) is 17.7. The first-order valence-electron chi connectivity index (χ1n) is 17.6. The molecule has 23 nitrogen and oxygen atoms in total. The Bertz CT molecular complexity index is 1820. The average molecular weight is 831 g/mol. The minimum absolute atomic E-state index is 0.0723. The van der Waals surface area contributed by atoms with Gasteiger partial charge in [-0.25, -0.2) is 0 Å². The molecule has 4 heterocycles. The molecule has 2 aromatic rings. The lowest BCUT2D eigenvalue weighted by atomic mass is 9.97. The molecular weight excluding hydrogens is 788 g/mol. The van der Waals surface area contributed by atoms with Gasteiger partial charge in [-0.15, -0.1) is 0 Å². The zero-order chi connectivity index (χ0) is 42.2. The highest BCUT2D eigenvalue weighted by atomic mass is 16.8. The minimum Gasteiger partial charge on any atom is -0.507 e. The Morgan fingerprint density at radius 2 is 1.41 bits per heavy atom. The number of aliphatic hydroxyl groups excluding tert-OH is 9. The first kappa shape index (κ1) is 43.0. The van der Waals surface area contributed by atoms with Gasteiger partial charge in [0.2, 0.25) is 12.6 Å². The summed E-state index contributed by atoms with van der Waals surface area (Å²) >= 11 is 0. The maximum atomic E-state index is 12.0. The standard InChI is InChI=1S/C35H42O23/c36-8-20-25(45)27(47)30(50)34(56-20)53-12-4-15(38)13-6-19(31(54-18(13)5-12)11-1-2-14(37)16(39)3-11)55-35-32(58-33-29(49)24(44)17(40)9-52-33)28(48)26(46)21(57-35)10-51-23(43)7-22(41)42/h1-6,17,20-21,24-40,44-50H,7-10H2,(H,41,42). The summed E-state index contributed by atoms with van der Waals surface area (Å²) in [4.78, 5) is 23.0. The molecule has 13 N–H and O–H groups in total. The van der Waals surface area contributed by atoms with Crippen molar-refractivity contribution in [2.45, 2.75) is 98.5 Å². The number of rotatable bonds is 12. The van der Waals surface area contributed by atoms with Crippen LogP contribution in [0.2, 0.25) is 0 Å². The first-order chi connectivity index (χ1) is 27.5. The van der Waals surface area contributed by atoms with Crippen molar-refractivity contribution in [2.24, 2.45) is 0 Å².